The van der Waals surface area contributed by atoms with Crippen LogP contribution in [-0.4, -0.2) is 25.2 Å². The largest absolute Gasteiger partial charge is 0.463 e. The first-order valence-corrected chi connectivity index (χ1v) is 9.31. The van der Waals surface area contributed by atoms with E-state index in [0.29, 0.717) is 25.9 Å². The molecule has 0 N–H and O–H groups in total. The van der Waals surface area contributed by atoms with Gasteiger partial charge in [-0.05, 0) is 51.4 Å². The molecule has 0 bridgehead atoms. The summed E-state index contributed by atoms with van der Waals surface area (Å²) in [5.41, 5.74) is 0. The van der Waals surface area contributed by atoms with E-state index in [1.165, 1.54) is 19.3 Å². The Morgan fingerprint density at radius 2 is 1.58 bits per heavy atom. The van der Waals surface area contributed by atoms with E-state index in [1.807, 2.05) is 6.08 Å². The highest BCUT2D eigenvalue weighted by Gasteiger charge is 2.20. The van der Waals surface area contributed by atoms with Gasteiger partial charge in [0, 0.05) is 0 Å². The van der Waals surface area contributed by atoms with Crippen LogP contribution in [0.2, 0.25) is 0 Å². The summed E-state index contributed by atoms with van der Waals surface area (Å²) in [6.45, 7) is 4.95. The van der Waals surface area contributed by atoms with Crippen LogP contribution in [0.5, 0.6) is 0 Å². The zero-order valence-electron chi connectivity index (χ0n) is 15.4. The highest BCUT2D eigenvalue weighted by Crippen LogP contribution is 2.09. The lowest BCUT2D eigenvalue weighted by Crippen LogP contribution is -2.26. The second-order valence-electron chi connectivity index (χ2n) is 5.81. The number of carbonyl (C=O) groups is 2. The van der Waals surface area contributed by atoms with Gasteiger partial charge in [0.2, 0.25) is 0 Å². The molecule has 0 aromatic heterocycles. The quantitative estimate of drug-likeness (QED) is 0.169. The molecule has 0 fully saturated rings. The lowest BCUT2D eigenvalue weighted by Gasteiger charge is -2.13. The van der Waals surface area contributed by atoms with Gasteiger partial charge in [-0.15, -0.1) is 0 Å². The minimum absolute atomic E-state index is 0.330. The molecule has 0 aliphatic carbocycles. The molecule has 1 atom stereocenters. The van der Waals surface area contributed by atoms with Gasteiger partial charge in [0.25, 0.3) is 6.47 Å². The smallest absolute Gasteiger partial charge is 0.347 e. The molecule has 0 rings (SSSR count). The Hall–Kier alpha value is -1.58. The second kappa shape index (κ2) is 17.8. The molecule has 0 saturated carbocycles. The molecule has 0 aromatic carbocycles. The van der Waals surface area contributed by atoms with Gasteiger partial charge >= 0.3 is 5.97 Å². The summed E-state index contributed by atoms with van der Waals surface area (Å²) < 4.78 is 10.1. The van der Waals surface area contributed by atoms with Crippen molar-refractivity contribution in [2.24, 2.45) is 0 Å². The number of unbranched alkanes of at least 4 members (excludes halogenated alkanes) is 5. The molecule has 138 valence electrons. The molecule has 4 heteroatoms. The summed E-state index contributed by atoms with van der Waals surface area (Å²) in [7, 11) is 0. The summed E-state index contributed by atoms with van der Waals surface area (Å²) in [4.78, 5) is 22.5. The Morgan fingerprint density at radius 1 is 0.917 bits per heavy atom. The summed E-state index contributed by atoms with van der Waals surface area (Å²) in [6, 6.07) is 0. The number of rotatable bonds is 16. The van der Waals surface area contributed by atoms with Gasteiger partial charge in [0.05, 0.1) is 6.61 Å². The lowest BCUT2D eigenvalue weighted by molar-refractivity contribution is -0.161. The maximum absolute atomic E-state index is 11.9. The number of hydrogen-bond acceptors (Lipinski definition) is 4. The fourth-order valence-corrected chi connectivity index (χ4v) is 2.25. The van der Waals surface area contributed by atoms with Crippen LogP contribution in [0.4, 0.5) is 0 Å². The summed E-state index contributed by atoms with van der Waals surface area (Å²) >= 11 is 0. The van der Waals surface area contributed by atoms with Crippen molar-refractivity contribution in [2.75, 3.05) is 6.61 Å². The van der Waals surface area contributed by atoms with Crippen molar-refractivity contribution in [2.45, 2.75) is 84.2 Å². The van der Waals surface area contributed by atoms with Crippen LogP contribution < -0.4 is 0 Å². The molecule has 4 nitrogen and oxygen atoms in total. The molecule has 24 heavy (non-hydrogen) atoms. The standard InChI is InChI=1S/C20H34O4/c1-3-5-7-9-11-13-15-17-23-20(22)19(24-18-21)16-14-12-10-8-6-4-2/h6,8,11,13,18-19H,3-5,7,9-10,12,14-17H2,1-2H3. The molecule has 0 saturated heterocycles. The summed E-state index contributed by atoms with van der Waals surface area (Å²) in [6.07, 6.45) is 17.5. The third-order valence-corrected chi connectivity index (χ3v) is 3.64. The van der Waals surface area contributed by atoms with Gasteiger partial charge in [-0.2, -0.15) is 0 Å². The molecule has 0 heterocycles. The predicted octanol–water partition coefficient (Wildman–Crippen LogP) is 5.12. The zero-order valence-corrected chi connectivity index (χ0v) is 15.4. The first kappa shape index (κ1) is 22.4. The Bertz CT molecular complexity index is 361. The second-order valence-corrected chi connectivity index (χ2v) is 5.81. The number of ether oxygens (including phenoxy) is 2. The maximum atomic E-state index is 11.9. The number of allylic oxidation sites excluding steroid dienone is 3. The summed E-state index contributed by atoms with van der Waals surface area (Å²) in [5.74, 6) is -0.439. The molecule has 0 amide bonds. The highest BCUT2D eigenvalue weighted by molar-refractivity contribution is 5.75. The van der Waals surface area contributed by atoms with Crippen LogP contribution in [0, 0.1) is 0 Å². The van der Waals surface area contributed by atoms with Crippen LogP contribution in [0.3, 0.4) is 0 Å². The molecule has 0 aliphatic rings. The normalized spacial score (nSPS) is 12.6. The topological polar surface area (TPSA) is 52.6 Å². The van der Waals surface area contributed by atoms with E-state index in [-0.39, 0.29) is 0 Å². The lowest BCUT2D eigenvalue weighted by atomic mass is 10.1. The van der Waals surface area contributed by atoms with Crippen LogP contribution in [-0.2, 0) is 19.1 Å². The van der Waals surface area contributed by atoms with E-state index >= 15 is 0 Å². The van der Waals surface area contributed by atoms with Crippen molar-refractivity contribution >= 4 is 12.4 Å². The van der Waals surface area contributed by atoms with Crippen LogP contribution in [0.1, 0.15) is 78.1 Å². The fourth-order valence-electron chi connectivity index (χ4n) is 2.25. The Kier molecular flexibility index (Phi) is 16.6. The molecule has 0 spiro atoms. The monoisotopic (exact) mass is 338 g/mol. The van der Waals surface area contributed by atoms with Crippen LogP contribution in [0.25, 0.3) is 0 Å². The SMILES string of the molecule is CCC=CCCCCC(OC=O)C(=O)OCCC=CCCCCC. The third kappa shape index (κ3) is 14.0. The van der Waals surface area contributed by atoms with Crippen LogP contribution >= 0.6 is 0 Å². The van der Waals surface area contributed by atoms with Gasteiger partial charge < -0.3 is 9.47 Å². The van der Waals surface area contributed by atoms with E-state index in [9.17, 15) is 9.59 Å². The van der Waals surface area contributed by atoms with E-state index in [2.05, 4.69) is 32.1 Å². The minimum Gasteiger partial charge on any atom is -0.463 e. The number of hydrogen-bond donors (Lipinski definition) is 0. The Labute approximate surface area is 147 Å². The zero-order chi connectivity index (χ0) is 17.9. The van der Waals surface area contributed by atoms with E-state index in [1.54, 1.807) is 0 Å². The Balaban J connectivity index is 3.86. The fraction of sp³-hybridized carbons (Fsp3) is 0.700. The van der Waals surface area contributed by atoms with Crippen molar-refractivity contribution in [3.05, 3.63) is 24.3 Å². The van der Waals surface area contributed by atoms with Gasteiger partial charge in [-0.25, -0.2) is 4.79 Å². The molecule has 0 radical (unpaired) electrons. The summed E-state index contributed by atoms with van der Waals surface area (Å²) in [5, 5.41) is 0. The van der Waals surface area contributed by atoms with Gasteiger partial charge in [-0.3, -0.25) is 4.79 Å². The molecule has 0 aliphatic heterocycles. The highest BCUT2D eigenvalue weighted by atomic mass is 16.6. The predicted molar refractivity (Wildman–Crippen MR) is 97.7 cm³/mol. The van der Waals surface area contributed by atoms with E-state index < -0.39 is 12.1 Å². The van der Waals surface area contributed by atoms with E-state index in [4.69, 9.17) is 9.47 Å². The van der Waals surface area contributed by atoms with Crippen molar-refractivity contribution in [1.29, 1.82) is 0 Å². The first-order valence-electron chi connectivity index (χ1n) is 9.31. The maximum Gasteiger partial charge on any atom is 0.347 e. The molecule has 0 aromatic rings. The molecular formula is C20H34O4. The minimum atomic E-state index is -0.772. The average Bonchev–Trinajstić information content (AvgIpc) is 2.59. The molecular weight excluding hydrogens is 304 g/mol. The number of carbonyl (C=O) groups excluding carboxylic acids is 2. The van der Waals surface area contributed by atoms with E-state index in [0.717, 1.165) is 32.1 Å². The van der Waals surface area contributed by atoms with Crippen molar-refractivity contribution in [3.63, 3.8) is 0 Å². The van der Waals surface area contributed by atoms with Crippen molar-refractivity contribution in [3.8, 4) is 0 Å². The van der Waals surface area contributed by atoms with Gasteiger partial charge in [0.1, 0.15) is 0 Å². The van der Waals surface area contributed by atoms with Crippen LogP contribution in [0.15, 0.2) is 24.3 Å². The Morgan fingerprint density at radius 3 is 2.25 bits per heavy atom. The van der Waals surface area contributed by atoms with Crippen molar-refractivity contribution in [1.82, 2.24) is 0 Å². The average molecular weight is 338 g/mol. The third-order valence-electron chi connectivity index (χ3n) is 3.64. The van der Waals surface area contributed by atoms with Crippen molar-refractivity contribution < 1.29 is 19.1 Å². The molecule has 1 unspecified atom stereocenters. The van der Waals surface area contributed by atoms with Gasteiger partial charge in [-0.1, -0.05) is 51.0 Å². The first-order chi connectivity index (χ1) is 11.8. The number of esters is 1. The van der Waals surface area contributed by atoms with Gasteiger partial charge in [0.15, 0.2) is 6.10 Å².